The topological polar surface area (TPSA) is 17.4 Å². The van der Waals surface area contributed by atoms with E-state index in [1.165, 1.54) is 40.6 Å². The minimum Gasteiger partial charge on any atom is -0.497 e. The van der Waals surface area contributed by atoms with Gasteiger partial charge in [-0.2, -0.15) is 0 Å². The van der Waals surface area contributed by atoms with Gasteiger partial charge in [0.15, 0.2) is 0 Å². The van der Waals surface area contributed by atoms with Crippen molar-refractivity contribution in [1.29, 1.82) is 0 Å². The zero-order valence-corrected chi connectivity index (χ0v) is 16.7. The maximum absolute atomic E-state index is 6.37. The first-order valence-electron chi connectivity index (χ1n) is 9.81. The first-order chi connectivity index (χ1) is 13.2. The smallest absolute Gasteiger partial charge is 0.118 e. The molecular weight excluding hydrogens is 356 g/mol. The predicted molar refractivity (Wildman–Crippen MR) is 111 cm³/mol. The fourth-order valence-electron chi connectivity index (χ4n) is 5.12. The van der Waals surface area contributed by atoms with Gasteiger partial charge in [0.1, 0.15) is 5.75 Å². The number of benzene rings is 2. The number of fused-ring (bicyclic) bond motifs is 6. The van der Waals surface area contributed by atoms with E-state index < -0.39 is 0 Å². The van der Waals surface area contributed by atoms with Crippen molar-refractivity contribution in [2.24, 2.45) is 0 Å². The highest BCUT2D eigenvalue weighted by molar-refractivity contribution is 6.31. The second-order valence-corrected chi connectivity index (χ2v) is 8.32. The van der Waals surface area contributed by atoms with Gasteiger partial charge in [-0.25, -0.2) is 0 Å². The highest BCUT2D eigenvalue weighted by atomic mass is 35.5. The van der Waals surface area contributed by atoms with E-state index in [0.717, 1.165) is 30.2 Å². The molecule has 2 aliphatic heterocycles. The number of nitrogens with zero attached hydrogens (tertiary/aromatic N) is 2. The summed E-state index contributed by atoms with van der Waals surface area (Å²) in [5, 5.41) is 2.19. The number of aromatic nitrogens is 1. The Morgan fingerprint density at radius 1 is 1.11 bits per heavy atom. The minimum absolute atomic E-state index is 0.543. The van der Waals surface area contributed by atoms with Crippen molar-refractivity contribution < 1.29 is 4.74 Å². The fourth-order valence-corrected chi connectivity index (χ4v) is 5.29. The largest absolute Gasteiger partial charge is 0.497 e. The highest BCUT2D eigenvalue weighted by Crippen LogP contribution is 2.47. The van der Waals surface area contributed by atoms with Gasteiger partial charge in [-0.15, -0.1) is 0 Å². The molecular formula is C23H25ClN2O. The molecule has 0 aliphatic carbocycles. The summed E-state index contributed by atoms with van der Waals surface area (Å²) in [5.74, 6) is 0.914. The Morgan fingerprint density at radius 2 is 1.93 bits per heavy atom. The molecule has 3 heterocycles. The monoisotopic (exact) mass is 380 g/mol. The van der Waals surface area contributed by atoms with E-state index in [1.54, 1.807) is 7.11 Å². The molecule has 0 amide bonds. The van der Waals surface area contributed by atoms with E-state index in [9.17, 15) is 0 Å². The van der Waals surface area contributed by atoms with Crippen molar-refractivity contribution >= 4 is 22.5 Å². The second kappa shape index (κ2) is 6.57. The lowest BCUT2D eigenvalue weighted by molar-refractivity contribution is 0.222. The Morgan fingerprint density at radius 3 is 2.70 bits per heavy atom. The van der Waals surface area contributed by atoms with Crippen LogP contribution in [0.25, 0.3) is 10.9 Å². The summed E-state index contributed by atoms with van der Waals surface area (Å²) in [5.41, 5.74) is 5.74. The van der Waals surface area contributed by atoms with Crippen LogP contribution in [0.2, 0.25) is 5.02 Å². The molecule has 0 radical (unpaired) electrons. The van der Waals surface area contributed by atoms with Gasteiger partial charge in [0.05, 0.1) is 7.11 Å². The fraction of sp³-hybridized carbons (Fsp3) is 0.391. The van der Waals surface area contributed by atoms with Crippen LogP contribution in [-0.2, 0) is 19.4 Å². The molecule has 0 spiro atoms. The van der Waals surface area contributed by atoms with Crippen LogP contribution in [0.1, 0.15) is 35.7 Å². The molecule has 27 heavy (non-hydrogen) atoms. The van der Waals surface area contributed by atoms with E-state index in [0.29, 0.717) is 12.1 Å². The van der Waals surface area contributed by atoms with Gasteiger partial charge >= 0.3 is 0 Å². The summed E-state index contributed by atoms with van der Waals surface area (Å²) >= 11 is 6.37. The van der Waals surface area contributed by atoms with Crippen LogP contribution in [0.3, 0.4) is 0 Å². The van der Waals surface area contributed by atoms with Gasteiger partial charge in [-0.1, -0.05) is 23.7 Å². The molecule has 1 saturated heterocycles. The minimum atomic E-state index is 0.543. The van der Waals surface area contributed by atoms with E-state index in [2.05, 4.69) is 40.8 Å². The predicted octanol–water partition coefficient (Wildman–Crippen LogP) is 5.24. The maximum atomic E-state index is 6.37. The van der Waals surface area contributed by atoms with Crippen LogP contribution in [-0.4, -0.2) is 29.7 Å². The van der Waals surface area contributed by atoms with E-state index in [-0.39, 0.29) is 0 Å². The first-order valence-corrected chi connectivity index (χ1v) is 10.2. The summed E-state index contributed by atoms with van der Waals surface area (Å²) in [6, 6.07) is 16.1. The Kier molecular flexibility index (Phi) is 4.18. The molecule has 0 N–H and O–H groups in total. The third kappa shape index (κ3) is 2.76. The quantitative estimate of drug-likeness (QED) is 0.616. The number of halogens is 1. The zero-order chi connectivity index (χ0) is 18.5. The number of rotatable bonds is 4. The molecule has 140 valence electrons. The lowest BCUT2D eigenvalue weighted by atomic mass is 9.97. The van der Waals surface area contributed by atoms with E-state index in [4.69, 9.17) is 16.3 Å². The van der Waals surface area contributed by atoms with Crippen LogP contribution in [0, 0.1) is 0 Å². The Bertz CT molecular complexity index is 992. The number of ether oxygens (including phenoxy) is 1. The Balaban J connectivity index is 1.55. The Hall–Kier alpha value is -1.97. The molecule has 0 saturated carbocycles. The maximum Gasteiger partial charge on any atom is 0.118 e. The molecule has 2 atom stereocenters. The van der Waals surface area contributed by atoms with Crippen LogP contribution < -0.4 is 4.74 Å². The number of aryl methyl sites for hydroxylation is 2. The Labute approximate surface area is 165 Å². The zero-order valence-electron chi connectivity index (χ0n) is 15.9. The van der Waals surface area contributed by atoms with Crippen molar-refractivity contribution in [3.63, 3.8) is 0 Å². The van der Waals surface area contributed by atoms with Crippen molar-refractivity contribution in [2.75, 3.05) is 14.2 Å². The number of methoxy groups -OCH3 is 1. The first kappa shape index (κ1) is 17.2. The average Bonchev–Trinajstić information content (AvgIpc) is 3.10. The molecule has 1 fully saturated rings. The summed E-state index contributed by atoms with van der Waals surface area (Å²) in [7, 11) is 4.00. The van der Waals surface area contributed by atoms with Crippen molar-refractivity contribution in [3.05, 3.63) is 64.3 Å². The summed E-state index contributed by atoms with van der Waals surface area (Å²) in [4.78, 5) is 2.58. The average molecular weight is 381 g/mol. The standard InChI is InChI=1S/C23H25ClN2O/c1-25-17-6-10-21(25)23-19-13-16(24)5-9-20(19)26(22(23)14-17)12-11-15-3-7-18(27-2)8-4-15/h3-5,7-9,13,17,21H,6,10-12,14H2,1-2H3. The molecule has 3 aromatic rings. The summed E-state index contributed by atoms with van der Waals surface area (Å²) in [6.45, 7) is 1.00. The molecule has 3 nitrogen and oxygen atoms in total. The molecule has 2 aromatic carbocycles. The van der Waals surface area contributed by atoms with Gasteiger partial charge < -0.3 is 9.30 Å². The molecule has 4 heteroatoms. The van der Waals surface area contributed by atoms with Crippen molar-refractivity contribution in [3.8, 4) is 5.75 Å². The van der Waals surface area contributed by atoms with Crippen LogP contribution in [0.15, 0.2) is 42.5 Å². The lowest BCUT2D eigenvalue weighted by Gasteiger charge is -2.32. The van der Waals surface area contributed by atoms with Gasteiger partial charge in [-0.3, -0.25) is 4.90 Å². The van der Waals surface area contributed by atoms with Crippen molar-refractivity contribution in [2.45, 2.75) is 44.3 Å². The normalized spacial score (nSPS) is 21.6. The van der Waals surface area contributed by atoms with E-state index >= 15 is 0 Å². The molecule has 5 rings (SSSR count). The van der Waals surface area contributed by atoms with Gasteiger partial charge in [-0.05, 0) is 67.8 Å². The molecule has 1 aromatic heterocycles. The molecule has 2 unspecified atom stereocenters. The lowest BCUT2D eigenvalue weighted by Crippen LogP contribution is -2.34. The number of hydrogen-bond acceptors (Lipinski definition) is 2. The summed E-state index contributed by atoms with van der Waals surface area (Å²) in [6.07, 6.45) is 4.74. The van der Waals surface area contributed by atoms with Gasteiger partial charge in [0, 0.05) is 46.7 Å². The second-order valence-electron chi connectivity index (χ2n) is 7.89. The summed E-state index contributed by atoms with van der Waals surface area (Å²) < 4.78 is 7.84. The van der Waals surface area contributed by atoms with Gasteiger partial charge in [0.25, 0.3) is 0 Å². The molecule has 2 aliphatic rings. The highest BCUT2D eigenvalue weighted by Gasteiger charge is 2.40. The van der Waals surface area contributed by atoms with Crippen LogP contribution in [0.5, 0.6) is 5.75 Å². The number of hydrogen-bond donors (Lipinski definition) is 0. The van der Waals surface area contributed by atoms with Crippen LogP contribution >= 0.6 is 11.6 Å². The third-order valence-corrected chi connectivity index (χ3v) is 6.80. The van der Waals surface area contributed by atoms with E-state index in [1.807, 2.05) is 18.2 Å². The number of likely N-dealkylation sites (N-methyl/N-ethyl adjacent to an activating group) is 1. The van der Waals surface area contributed by atoms with Gasteiger partial charge in [0.2, 0.25) is 0 Å². The third-order valence-electron chi connectivity index (χ3n) is 6.56. The SMILES string of the molecule is COc1ccc(CCn2c3c(c4cc(Cl)ccc42)C2CCC(C3)N2C)cc1. The van der Waals surface area contributed by atoms with Crippen LogP contribution in [0.4, 0.5) is 0 Å². The molecule has 2 bridgehead atoms. The van der Waals surface area contributed by atoms with Crippen molar-refractivity contribution in [1.82, 2.24) is 9.47 Å².